The fourth-order valence-corrected chi connectivity index (χ4v) is 19.9. The van der Waals surface area contributed by atoms with Gasteiger partial charge in [-0.2, -0.15) is 0 Å². The molecule has 16 rings (SSSR count). The molecule has 37 nitrogen and oxygen atoms in total. The third-order valence-corrected chi connectivity index (χ3v) is 28.9. The number of hydrogen-bond acceptors (Lipinski definition) is 29. The van der Waals surface area contributed by atoms with Crippen LogP contribution >= 0.6 is 46.1 Å². The minimum atomic E-state index is -2.76. The van der Waals surface area contributed by atoms with Crippen molar-refractivity contribution in [1.29, 1.82) is 0 Å². The number of hydrogen-bond donors (Lipinski definition) is 12. The standard InChI is InChI=1S/C28H32N6O3S.C25H32F2N6O3S.C25H28N6O3S.C23H32N6O4S/c1-18(29-17-19-14-15-19)25(35)30-24(21-11-6-3-7-12-21)28(37)34-16-8-13-22(34)26(36)31-27-23(32-33-38-27)20-9-4-2-5-10-20;1-15(28-2)21(34)29-20(17-10-12-25(26,27)13-11-17)24(36)33-14-6-9-18(33)22(35)30-23-19(31-32-37-23)16-7-4-3-5-8-16;1-16(26-2)22(32)27-21(18-12-7-4-8-13-18)25(34)31-15-9-14-19(31)23(33)28-24-20(29-30-35-24)17-10-5-3-6-11-17;1-5-33-15(3)18(25-20(30)14(2)24-4)23(32)29-13-9-12-17(29)21(31)26-22-19(27-28-34-22)16-10-7-6-8-11-16/h2-7,9-12,18-19,22,24,29H,8,13-17H2,1H3,(H,30,35)(H,31,36);3-5,7-8,15,17-18,20,28H,6,9-14H2,1-2H3,(H,29,34)(H,30,35);3-8,10-13,16,19,21,26H,9,14-15H2,1-2H3,(H,27,32)(H,28,33);6-8,10-11,14-15,17-18,24H,5,9,12-13H2,1-4H3,(H,25,30)(H,26,31)/t18?,22-,24-;15-,18-,20-;;14-,15-,17-,18-/m00.0/s1. The molecule has 8 heterocycles. The fourth-order valence-electron chi connectivity index (χ4n) is 17.5. The molecule has 4 aromatic heterocycles. The van der Waals surface area contributed by atoms with E-state index in [1.54, 1.807) is 70.8 Å². The summed E-state index contributed by atoms with van der Waals surface area (Å²) in [5.74, 6) is -6.36. The molecular weight excluding hydrogens is 1920 g/mol. The second kappa shape index (κ2) is 52.4. The van der Waals surface area contributed by atoms with Gasteiger partial charge in [-0.15, -0.1) is 20.4 Å². The molecule has 4 aliphatic heterocycles. The number of likely N-dealkylation sites (tertiary alicyclic amines) is 4. The number of alkyl halides is 2. The first kappa shape index (κ1) is 108. The van der Waals surface area contributed by atoms with Crippen LogP contribution in [0.5, 0.6) is 0 Å². The highest BCUT2D eigenvalue weighted by Crippen LogP contribution is 2.41. The molecule has 2 saturated carbocycles. The number of aromatic nitrogens is 8. The van der Waals surface area contributed by atoms with E-state index in [1.807, 2.05) is 184 Å². The second-order valence-electron chi connectivity index (χ2n) is 36.1. The van der Waals surface area contributed by atoms with Gasteiger partial charge in [-0.25, -0.2) is 8.78 Å². The molecular formula is C101H124F2N24O13S4. The summed E-state index contributed by atoms with van der Waals surface area (Å²) in [5, 5.41) is 53.7. The van der Waals surface area contributed by atoms with Crippen molar-refractivity contribution in [3.05, 3.63) is 193 Å². The summed E-state index contributed by atoms with van der Waals surface area (Å²) in [6, 6.07) is 47.8. The Hall–Kier alpha value is -13.1. The zero-order chi connectivity index (χ0) is 103. The van der Waals surface area contributed by atoms with Gasteiger partial charge in [0.1, 0.15) is 91.1 Å². The monoisotopic (exact) mass is 2050 g/mol. The molecule has 0 bridgehead atoms. The lowest BCUT2D eigenvalue weighted by Gasteiger charge is -2.36. The number of ether oxygens (including phenoxy) is 1. The topological polar surface area (TPSA) is 475 Å². The average Bonchev–Trinajstić information content (AvgIpc) is 1.69. The van der Waals surface area contributed by atoms with Gasteiger partial charge in [-0.3, -0.25) is 57.5 Å². The SMILES string of the molecule is CC(NCC1CC1)C(=O)N[C@H](C(=O)N1CCC[C@H]1C(=O)Nc1snnc1-c1ccccc1)c1ccccc1.CCO[C@@H](C)[C@H](NC(=O)[C@H](C)NC)C(=O)N1CCC[C@H]1C(=O)Nc1snnc1-c1ccccc1.CNC(C)C(=O)NC(C(=O)N1CCCC1C(=O)Nc1snnc1-c1ccccc1)c1ccccc1.CN[C@@H](C)C(=O)N[C@H](C(=O)N1CCC[C@H]1C(=O)Nc1snnc1-c1ccccc1)C1CCC(F)(F)CC1. The van der Waals surface area contributed by atoms with Crippen LogP contribution in [0.4, 0.5) is 28.8 Å². The predicted molar refractivity (Wildman–Crippen MR) is 547 cm³/mol. The van der Waals surface area contributed by atoms with Gasteiger partial charge >= 0.3 is 0 Å². The summed E-state index contributed by atoms with van der Waals surface area (Å²) in [6.45, 7) is 13.3. The molecule has 4 unspecified atom stereocenters. The summed E-state index contributed by atoms with van der Waals surface area (Å²) in [6.07, 6.45) is 6.17. The van der Waals surface area contributed by atoms with Crippen molar-refractivity contribution in [2.24, 2.45) is 11.8 Å². The Morgan fingerprint density at radius 2 is 0.667 bits per heavy atom. The highest BCUT2D eigenvalue weighted by molar-refractivity contribution is 7.11. The van der Waals surface area contributed by atoms with Crippen LogP contribution < -0.4 is 63.8 Å². The zero-order valence-corrected chi connectivity index (χ0v) is 85.0. The number of nitrogens with zero attached hydrogens (tertiary/aromatic N) is 12. The van der Waals surface area contributed by atoms with Gasteiger partial charge in [0, 0.05) is 114 Å². The average molecular weight is 2050 g/mol. The first-order valence-corrected chi connectivity index (χ1v) is 51.7. The van der Waals surface area contributed by atoms with Crippen LogP contribution in [0, 0.1) is 11.8 Å². The number of benzene rings is 6. The van der Waals surface area contributed by atoms with Crippen molar-refractivity contribution < 1.29 is 71.1 Å². The van der Waals surface area contributed by atoms with Crippen molar-refractivity contribution in [2.75, 3.05) is 81.7 Å². The lowest BCUT2D eigenvalue weighted by molar-refractivity contribution is -0.144. The van der Waals surface area contributed by atoms with E-state index >= 15 is 0 Å². The first-order valence-electron chi connectivity index (χ1n) is 48.6. The molecule has 43 heteroatoms. The third kappa shape index (κ3) is 28.5. The molecule has 764 valence electrons. The van der Waals surface area contributed by atoms with Crippen LogP contribution in [0.3, 0.4) is 0 Å². The summed E-state index contributed by atoms with van der Waals surface area (Å²) in [7, 11) is 4.98. The molecule has 4 saturated heterocycles. The molecule has 6 aromatic carbocycles. The smallest absolute Gasteiger partial charge is 0.250 e. The van der Waals surface area contributed by atoms with E-state index in [1.165, 1.54) is 22.6 Å². The van der Waals surface area contributed by atoms with Crippen molar-refractivity contribution in [3.63, 3.8) is 0 Å². The van der Waals surface area contributed by atoms with Crippen LogP contribution in [0.1, 0.15) is 155 Å². The maximum atomic E-state index is 13.9. The Labute approximate surface area is 851 Å². The summed E-state index contributed by atoms with van der Waals surface area (Å²) >= 11 is 4.35. The third-order valence-electron chi connectivity index (χ3n) is 26.3. The largest absolute Gasteiger partial charge is 0.376 e. The first-order chi connectivity index (χ1) is 69.6. The molecule has 6 fully saturated rings. The molecule has 10 aromatic rings. The Kier molecular flexibility index (Phi) is 39.3. The van der Waals surface area contributed by atoms with Crippen LogP contribution in [0.25, 0.3) is 45.0 Å². The molecule has 12 amide bonds. The van der Waals surface area contributed by atoms with Gasteiger partial charge in [0.25, 0.3) is 0 Å². The number of rotatable bonds is 36. The van der Waals surface area contributed by atoms with Gasteiger partial charge in [-0.05, 0) is 169 Å². The summed E-state index contributed by atoms with van der Waals surface area (Å²) < 4.78 is 49.3. The van der Waals surface area contributed by atoms with Crippen molar-refractivity contribution in [3.8, 4) is 45.0 Å². The number of likely N-dealkylation sites (N-methyl/N-ethyl adjacent to an activating group) is 3. The van der Waals surface area contributed by atoms with Gasteiger partial charge in [-0.1, -0.05) is 200 Å². The maximum Gasteiger partial charge on any atom is 0.250 e. The number of carbonyl (C=O) groups is 12. The van der Waals surface area contributed by atoms with E-state index in [2.05, 4.69) is 102 Å². The molecule has 6 aliphatic rings. The lowest BCUT2D eigenvalue weighted by Crippen LogP contribution is -2.58. The number of halogens is 2. The minimum Gasteiger partial charge on any atom is -0.376 e. The van der Waals surface area contributed by atoms with Crippen LogP contribution in [-0.4, -0.2) is 262 Å². The Bertz CT molecular complexity index is 5950. The van der Waals surface area contributed by atoms with Gasteiger partial charge in [0.05, 0.1) is 30.3 Å². The molecule has 0 radical (unpaired) electrons. The highest BCUT2D eigenvalue weighted by Gasteiger charge is 2.48. The van der Waals surface area contributed by atoms with Crippen LogP contribution in [0.2, 0.25) is 0 Å². The van der Waals surface area contributed by atoms with Crippen LogP contribution in [-0.2, 0) is 62.3 Å². The molecule has 0 spiro atoms. The molecule has 12 N–H and O–H groups in total. The van der Waals surface area contributed by atoms with Crippen molar-refractivity contribution in [1.82, 2.24) is 100 Å². The molecule has 2 aliphatic carbocycles. The summed E-state index contributed by atoms with van der Waals surface area (Å²) in [5.41, 5.74) is 7.03. The second-order valence-corrected chi connectivity index (χ2v) is 39.1. The fraction of sp³-hybridized carbons (Fsp3) is 0.446. The maximum absolute atomic E-state index is 13.9. The number of nitrogens with one attached hydrogen (secondary N) is 12. The predicted octanol–water partition coefficient (Wildman–Crippen LogP) is 10.7. The van der Waals surface area contributed by atoms with Gasteiger partial charge < -0.3 is 88.1 Å². The van der Waals surface area contributed by atoms with Crippen molar-refractivity contribution in [2.45, 2.75) is 216 Å². The molecule has 13 atom stereocenters. The van der Waals surface area contributed by atoms with E-state index in [0.29, 0.717) is 144 Å². The zero-order valence-electron chi connectivity index (χ0n) is 81.7. The Morgan fingerprint density at radius 1 is 0.375 bits per heavy atom. The van der Waals surface area contributed by atoms with Crippen LogP contribution in [0.15, 0.2) is 182 Å². The van der Waals surface area contributed by atoms with Crippen molar-refractivity contribution >= 4 is 137 Å². The van der Waals surface area contributed by atoms with E-state index in [4.69, 9.17) is 4.74 Å². The highest BCUT2D eigenvalue weighted by atomic mass is 32.1. The Balaban J connectivity index is 0.000000161. The number of anilines is 4. The van der Waals surface area contributed by atoms with E-state index in [9.17, 15) is 66.3 Å². The van der Waals surface area contributed by atoms with E-state index < -0.39 is 96.4 Å². The molecule has 144 heavy (non-hydrogen) atoms. The lowest BCUT2D eigenvalue weighted by atomic mass is 9.81. The summed E-state index contributed by atoms with van der Waals surface area (Å²) in [4.78, 5) is 165. The Morgan fingerprint density at radius 3 is 0.979 bits per heavy atom. The normalized spacial score (nSPS) is 18.8. The van der Waals surface area contributed by atoms with Gasteiger partial charge in [0.2, 0.25) is 76.8 Å². The number of amides is 12. The quantitative estimate of drug-likeness (QED) is 0.0174. The van der Waals surface area contributed by atoms with E-state index in [-0.39, 0.29) is 90.7 Å². The minimum absolute atomic E-state index is 0.120. The van der Waals surface area contributed by atoms with Gasteiger partial charge in [0.15, 0.2) is 0 Å². The van der Waals surface area contributed by atoms with E-state index in [0.717, 1.165) is 74.9 Å². The number of carbonyl (C=O) groups excluding carboxylic acids is 12.